The lowest BCUT2D eigenvalue weighted by Gasteiger charge is -2.19. The minimum atomic E-state index is -3.18. The van der Waals surface area contributed by atoms with E-state index in [4.69, 9.17) is 0 Å². The van der Waals surface area contributed by atoms with Crippen molar-refractivity contribution in [3.8, 4) is 0 Å². The summed E-state index contributed by atoms with van der Waals surface area (Å²) in [6, 6.07) is 0.0682. The quantitative estimate of drug-likeness (QED) is 0.609. The van der Waals surface area contributed by atoms with E-state index < -0.39 is 10.0 Å². The van der Waals surface area contributed by atoms with E-state index in [1.807, 2.05) is 13.8 Å². The fourth-order valence-corrected chi connectivity index (χ4v) is 2.76. The number of hydrogen-bond donors (Lipinski definition) is 2. The van der Waals surface area contributed by atoms with Crippen LogP contribution in [0.2, 0.25) is 0 Å². The molecule has 0 aromatic heterocycles. The predicted molar refractivity (Wildman–Crippen MR) is 69.0 cm³/mol. The van der Waals surface area contributed by atoms with E-state index in [1.54, 1.807) is 6.92 Å². The van der Waals surface area contributed by atoms with E-state index >= 15 is 0 Å². The molecule has 0 radical (unpaired) electrons. The molecule has 0 amide bonds. The first-order valence-electron chi connectivity index (χ1n) is 6.19. The molecule has 0 saturated heterocycles. The lowest BCUT2D eigenvalue weighted by Crippen LogP contribution is -2.43. The first-order valence-corrected chi connectivity index (χ1v) is 7.74. The van der Waals surface area contributed by atoms with Gasteiger partial charge in [0, 0.05) is 12.6 Å². The minimum Gasteiger partial charge on any atom is -0.315 e. The van der Waals surface area contributed by atoms with E-state index in [0.717, 1.165) is 25.8 Å². The highest BCUT2D eigenvalue weighted by atomic mass is 32.2. The van der Waals surface area contributed by atoms with E-state index in [0.29, 0.717) is 6.54 Å². The molecule has 0 spiro atoms. The van der Waals surface area contributed by atoms with Crippen LogP contribution < -0.4 is 10.0 Å². The molecular weight excluding hydrogens is 224 g/mol. The van der Waals surface area contributed by atoms with Gasteiger partial charge in [-0.25, -0.2) is 13.1 Å². The van der Waals surface area contributed by atoms with Crippen LogP contribution in [0.1, 0.15) is 47.0 Å². The fraction of sp³-hybridized carbons (Fsp3) is 1.00. The summed E-state index contributed by atoms with van der Waals surface area (Å²) in [5.74, 6) is 0. The van der Waals surface area contributed by atoms with Crippen LogP contribution in [0.5, 0.6) is 0 Å². The Hall–Kier alpha value is -0.130. The van der Waals surface area contributed by atoms with Crippen LogP contribution in [0, 0.1) is 0 Å². The van der Waals surface area contributed by atoms with Gasteiger partial charge in [-0.05, 0) is 32.7 Å². The van der Waals surface area contributed by atoms with Gasteiger partial charge < -0.3 is 5.32 Å². The molecule has 1 atom stereocenters. The zero-order chi connectivity index (χ0) is 12.6. The van der Waals surface area contributed by atoms with Crippen LogP contribution in [0.25, 0.3) is 0 Å². The summed E-state index contributed by atoms with van der Waals surface area (Å²) in [7, 11) is -3.18. The van der Waals surface area contributed by atoms with Gasteiger partial charge in [-0.2, -0.15) is 0 Å². The molecule has 0 rings (SSSR count). The summed E-state index contributed by atoms with van der Waals surface area (Å²) < 4.78 is 26.6. The SMILES string of the molecule is CCCNCC(C)S(=O)(=O)NC(CC)CC. The van der Waals surface area contributed by atoms with Crippen molar-refractivity contribution < 1.29 is 8.42 Å². The molecule has 0 saturated carbocycles. The number of sulfonamides is 1. The van der Waals surface area contributed by atoms with Gasteiger partial charge in [-0.3, -0.25) is 0 Å². The predicted octanol–water partition coefficient (Wildman–Crippen LogP) is 1.48. The lowest BCUT2D eigenvalue weighted by atomic mass is 10.2. The molecule has 0 aromatic carbocycles. The maximum absolute atomic E-state index is 11.9. The normalized spacial score (nSPS) is 14.3. The average molecular weight is 250 g/mol. The van der Waals surface area contributed by atoms with Crippen LogP contribution in [-0.4, -0.2) is 32.8 Å². The lowest BCUT2D eigenvalue weighted by molar-refractivity contribution is 0.516. The largest absolute Gasteiger partial charge is 0.315 e. The molecular formula is C11H26N2O2S. The number of hydrogen-bond acceptors (Lipinski definition) is 3. The molecule has 1 unspecified atom stereocenters. The van der Waals surface area contributed by atoms with Crippen molar-refractivity contribution in [1.82, 2.24) is 10.0 Å². The first kappa shape index (κ1) is 15.9. The molecule has 4 nitrogen and oxygen atoms in total. The van der Waals surface area contributed by atoms with E-state index in [2.05, 4.69) is 17.0 Å². The van der Waals surface area contributed by atoms with Gasteiger partial charge in [0.05, 0.1) is 5.25 Å². The van der Waals surface area contributed by atoms with E-state index in [-0.39, 0.29) is 11.3 Å². The summed E-state index contributed by atoms with van der Waals surface area (Å²) in [6.07, 6.45) is 2.70. The van der Waals surface area contributed by atoms with Gasteiger partial charge >= 0.3 is 0 Å². The Bertz CT molecular complexity index is 261. The molecule has 0 aromatic rings. The molecule has 0 bridgehead atoms. The zero-order valence-corrected chi connectivity index (χ0v) is 11.7. The Balaban J connectivity index is 4.19. The average Bonchev–Trinajstić information content (AvgIpc) is 2.26. The van der Waals surface area contributed by atoms with E-state index in [1.165, 1.54) is 0 Å². The van der Waals surface area contributed by atoms with Crippen LogP contribution >= 0.6 is 0 Å². The second-order valence-corrected chi connectivity index (χ2v) is 6.32. The van der Waals surface area contributed by atoms with Crippen LogP contribution in [0.4, 0.5) is 0 Å². The summed E-state index contributed by atoms with van der Waals surface area (Å²) in [6.45, 7) is 9.18. The molecule has 0 aliphatic heterocycles. The van der Waals surface area contributed by atoms with Crippen LogP contribution in [0.15, 0.2) is 0 Å². The molecule has 5 heteroatoms. The number of nitrogens with one attached hydrogen (secondary N) is 2. The van der Waals surface area contributed by atoms with Crippen molar-refractivity contribution in [2.45, 2.75) is 58.2 Å². The zero-order valence-electron chi connectivity index (χ0n) is 10.9. The molecule has 0 heterocycles. The Morgan fingerprint density at radius 1 is 1.12 bits per heavy atom. The molecule has 98 valence electrons. The Morgan fingerprint density at radius 2 is 1.69 bits per heavy atom. The van der Waals surface area contributed by atoms with Crippen LogP contribution in [0.3, 0.4) is 0 Å². The van der Waals surface area contributed by atoms with E-state index in [9.17, 15) is 8.42 Å². The molecule has 0 aliphatic carbocycles. The van der Waals surface area contributed by atoms with Gasteiger partial charge in [-0.1, -0.05) is 20.8 Å². The number of rotatable bonds is 9. The Morgan fingerprint density at radius 3 is 2.12 bits per heavy atom. The third-order valence-electron chi connectivity index (χ3n) is 2.70. The molecule has 0 aliphatic rings. The van der Waals surface area contributed by atoms with Gasteiger partial charge in [0.15, 0.2) is 0 Å². The third-order valence-corrected chi connectivity index (χ3v) is 4.59. The fourth-order valence-electron chi connectivity index (χ4n) is 1.40. The smallest absolute Gasteiger partial charge is 0.215 e. The van der Waals surface area contributed by atoms with Crippen molar-refractivity contribution in [3.05, 3.63) is 0 Å². The highest BCUT2D eigenvalue weighted by molar-refractivity contribution is 7.90. The van der Waals surface area contributed by atoms with Crippen LogP contribution in [-0.2, 0) is 10.0 Å². The van der Waals surface area contributed by atoms with Gasteiger partial charge in [-0.15, -0.1) is 0 Å². The monoisotopic (exact) mass is 250 g/mol. The van der Waals surface area contributed by atoms with Crippen molar-refractivity contribution in [2.75, 3.05) is 13.1 Å². The molecule has 0 fully saturated rings. The standard InChI is InChI=1S/C11H26N2O2S/c1-5-8-12-9-10(4)16(14,15)13-11(6-2)7-3/h10-13H,5-9H2,1-4H3. The van der Waals surface area contributed by atoms with Crippen molar-refractivity contribution in [1.29, 1.82) is 0 Å². The van der Waals surface area contributed by atoms with Gasteiger partial charge in [0.25, 0.3) is 0 Å². The maximum atomic E-state index is 11.9. The minimum absolute atomic E-state index is 0.0682. The van der Waals surface area contributed by atoms with Gasteiger partial charge in [0.1, 0.15) is 0 Å². The molecule has 16 heavy (non-hydrogen) atoms. The highest BCUT2D eigenvalue weighted by Crippen LogP contribution is 2.03. The molecule has 2 N–H and O–H groups in total. The summed E-state index contributed by atoms with van der Waals surface area (Å²) in [5, 5.41) is 2.76. The van der Waals surface area contributed by atoms with Crippen molar-refractivity contribution >= 4 is 10.0 Å². The summed E-state index contributed by atoms with van der Waals surface area (Å²) >= 11 is 0. The second-order valence-electron chi connectivity index (χ2n) is 4.19. The second kappa shape index (κ2) is 8.03. The maximum Gasteiger partial charge on any atom is 0.215 e. The summed E-state index contributed by atoms with van der Waals surface area (Å²) in [4.78, 5) is 0. The van der Waals surface area contributed by atoms with Gasteiger partial charge in [0.2, 0.25) is 10.0 Å². The summed E-state index contributed by atoms with van der Waals surface area (Å²) in [5.41, 5.74) is 0. The third kappa shape index (κ3) is 5.82. The Kier molecular flexibility index (Phi) is 7.97. The van der Waals surface area contributed by atoms with Crippen molar-refractivity contribution in [3.63, 3.8) is 0 Å². The highest BCUT2D eigenvalue weighted by Gasteiger charge is 2.22. The Labute approximate surface area is 100 Å². The first-order chi connectivity index (χ1) is 7.47. The topological polar surface area (TPSA) is 58.2 Å². The van der Waals surface area contributed by atoms with Crippen molar-refractivity contribution in [2.24, 2.45) is 0 Å².